The summed E-state index contributed by atoms with van der Waals surface area (Å²) >= 11 is 0. The Hall–Kier alpha value is -2.29. The number of aromatic nitrogens is 2. The molecule has 3 heteroatoms. The number of hydrogen-bond donors (Lipinski definition) is 1. The molecule has 0 aliphatic heterocycles. The first kappa shape index (κ1) is 11.8. The average molecular weight is 251 g/mol. The molecule has 0 aliphatic carbocycles. The molecular weight excluding hydrogens is 234 g/mol. The average Bonchev–Trinajstić information content (AvgIpc) is 2.62. The largest absolute Gasteiger partial charge is 0.399 e. The Morgan fingerprint density at radius 3 is 2.32 bits per heavy atom. The van der Waals surface area contributed by atoms with Crippen molar-refractivity contribution in [3.63, 3.8) is 0 Å². The minimum absolute atomic E-state index is 0.748. The molecule has 3 nitrogen and oxygen atoms in total. The van der Waals surface area contributed by atoms with Gasteiger partial charge in [0.15, 0.2) is 0 Å². The van der Waals surface area contributed by atoms with Crippen LogP contribution in [0.1, 0.15) is 17.0 Å². The number of aryl methyl sites for hydroxylation is 3. The minimum Gasteiger partial charge on any atom is -0.399 e. The molecule has 0 saturated carbocycles. The number of hydrogen-bond acceptors (Lipinski definition) is 2. The second kappa shape index (κ2) is 4.12. The highest BCUT2D eigenvalue weighted by atomic mass is 15.1. The van der Waals surface area contributed by atoms with E-state index in [9.17, 15) is 0 Å². The predicted molar refractivity (Wildman–Crippen MR) is 79.7 cm³/mol. The molecule has 0 spiro atoms. The summed E-state index contributed by atoms with van der Waals surface area (Å²) in [5.41, 5.74) is 12.3. The maximum absolute atomic E-state index is 5.82. The summed E-state index contributed by atoms with van der Waals surface area (Å²) in [6.07, 6.45) is 0. The van der Waals surface area contributed by atoms with Crippen molar-refractivity contribution in [2.24, 2.45) is 0 Å². The highest BCUT2D eigenvalue weighted by molar-refractivity contribution is 5.81. The number of nitrogens with two attached hydrogens (primary N) is 1. The monoisotopic (exact) mass is 251 g/mol. The van der Waals surface area contributed by atoms with E-state index in [0.717, 1.165) is 28.2 Å². The molecule has 0 bridgehead atoms. The summed E-state index contributed by atoms with van der Waals surface area (Å²) in [5.74, 6) is 0.977. The van der Waals surface area contributed by atoms with Crippen molar-refractivity contribution in [2.75, 3.05) is 5.73 Å². The van der Waals surface area contributed by atoms with Gasteiger partial charge in [-0.05, 0) is 62.2 Å². The van der Waals surface area contributed by atoms with Crippen molar-refractivity contribution in [3.8, 4) is 5.69 Å². The molecule has 0 aliphatic rings. The van der Waals surface area contributed by atoms with Crippen LogP contribution in [0.5, 0.6) is 0 Å². The molecule has 0 radical (unpaired) electrons. The SMILES string of the molecule is Cc1cc(C)cc(-n2c(C)nc3cc(N)ccc32)c1. The molecule has 3 aromatic rings. The summed E-state index contributed by atoms with van der Waals surface area (Å²) in [4.78, 5) is 4.59. The number of fused-ring (bicyclic) bond motifs is 1. The molecule has 3 rings (SSSR count). The van der Waals surface area contributed by atoms with Crippen molar-refractivity contribution >= 4 is 16.7 Å². The lowest BCUT2D eigenvalue weighted by Gasteiger charge is -2.09. The summed E-state index contributed by atoms with van der Waals surface area (Å²) in [6.45, 7) is 6.25. The van der Waals surface area contributed by atoms with Crippen LogP contribution >= 0.6 is 0 Å². The molecule has 0 fully saturated rings. The first-order chi connectivity index (χ1) is 9.04. The number of anilines is 1. The number of benzene rings is 2. The summed E-state index contributed by atoms with van der Waals surface area (Å²) in [7, 11) is 0. The maximum atomic E-state index is 5.82. The smallest absolute Gasteiger partial charge is 0.111 e. The van der Waals surface area contributed by atoms with Crippen LogP contribution in [-0.2, 0) is 0 Å². The quantitative estimate of drug-likeness (QED) is 0.672. The Balaban J connectivity index is 2.32. The molecule has 0 unspecified atom stereocenters. The Labute approximate surface area is 112 Å². The van der Waals surface area contributed by atoms with E-state index in [2.05, 4.69) is 41.6 Å². The maximum Gasteiger partial charge on any atom is 0.111 e. The van der Waals surface area contributed by atoms with Gasteiger partial charge in [-0.25, -0.2) is 4.98 Å². The molecule has 2 aromatic carbocycles. The van der Waals surface area contributed by atoms with Crippen molar-refractivity contribution in [3.05, 3.63) is 53.3 Å². The van der Waals surface area contributed by atoms with Gasteiger partial charge >= 0.3 is 0 Å². The van der Waals surface area contributed by atoms with Gasteiger partial charge < -0.3 is 5.73 Å². The van der Waals surface area contributed by atoms with Gasteiger partial charge in [0.1, 0.15) is 5.82 Å². The second-order valence-corrected chi connectivity index (χ2v) is 5.09. The fourth-order valence-electron chi connectivity index (χ4n) is 2.62. The third-order valence-electron chi connectivity index (χ3n) is 3.31. The molecule has 1 aromatic heterocycles. The zero-order valence-corrected chi connectivity index (χ0v) is 11.4. The molecule has 96 valence electrons. The van der Waals surface area contributed by atoms with Gasteiger partial charge in [0.05, 0.1) is 11.0 Å². The van der Waals surface area contributed by atoms with E-state index in [1.54, 1.807) is 0 Å². The summed E-state index contributed by atoms with van der Waals surface area (Å²) < 4.78 is 2.18. The lowest BCUT2D eigenvalue weighted by atomic mass is 10.1. The molecule has 0 saturated heterocycles. The van der Waals surface area contributed by atoms with E-state index in [4.69, 9.17) is 5.73 Å². The molecular formula is C16H17N3. The third kappa shape index (κ3) is 1.97. The van der Waals surface area contributed by atoms with Crippen LogP contribution in [0.4, 0.5) is 5.69 Å². The molecule has 1 heterocycles. The van der Waals surface area contributed by atoms with Gasteiger partial charge in [-0.2, -0.15) is 0 Å². The Morgan fingerprint density at radius 1 is 0.947 bits per heavy atom. The van der Waals surface area contributed by atoms with E-state index in [1.807, 2.05) is 25.1 Å². The lowest BCUT2D eigenvalue weighted by molar-refractivity contribution is 0.996. The van der Waals surface area contributed by atoms with Crippen LogP contribution in [0.3, 0.4) is 0 Å². The summed E-state index contributed by atoms with van der Waals surface area (Å²) in [6, 6.07) is 12.4. The standard InChI is InChI=1S/C16H17N3/c1-10-6-11(2)8-14(7-10)19-12(3)18-15-9-13(17)4-5-16(15)19/h4-9H,17H2,1-3H3. The second-order valence-electron chi connectivity index (χ2n) is 5.09. The Bertz CT molecular complexity index is 749. The molecule has 19 heavy (non-hydrogen) atoms. The van der Waals surface area contributed by atoms with E-state index in [1.165, 1.54) is 11.1 Å². The topological polar surface area (TPSA) is 43.8 Å². The van der Waals surface area contributed by atoms with Gasteiger partial charge in [0.2, 0.25) is 0 Å². The Kier molecular flexibility index (Phi) is 2.56. The third-order valence-corrected chi connectivity index (χ3v) is 3.31. The van der Waals surface area contributed by atoms with Crippen molar-refractivity contribution in [2.45, 2.75) is 20.8 Å². The number of rotatable bonds is 1. The van der Waals surface area contributed by atoms with Crippen molar-refractivity contribution in [1.82, 2.24) is 9.55 Å². The number of imidazole rings is 1. The fourth-order valence-corrected chi connectivity index (χ4v) is 2.62. The highest BCUT2D eigenvalue weighted by Crippen LogP contribution is 2.24. The lowest BCUT2D eigenvalue weighted by Crippen LogP contribution is -1.98. The van der Waals surface area contributed by atoms with Crippen molar-refractivity contribution < 1.29 is 0 Å². The van der Waals surface area contributed by atoms with Crippen molar-refractivity contribution in [1.29, 1.82) is 0 Å². The van der Waals surface area contributed by atoms with E-state index >= 15 is 0 Å². The first-order valence-electron chi connectivity index (χ1n) is 6.38. The molecule has 0 atom stereocenters. The number of nitrogen functional groups attached to an aromatic ring is 1. The van der Waals surface area contributed by atoms with E-state index < -0.39 is 0 Å². The van der Waals surface area contributed by atoms with Crippen LogP contribution < -0.4 is 5.73 Å². The van der Waals surface area contributed by atoms with E-state index in [0.29, 0.717) is 0 Å². The van der Waals surface area contributed by atoms with Crippen LogP contribution in [0.15, 0.2) is 36.4 Å². The zero-order chi connectivity index (χ0) is 13.6. The minimum atomic E-state index is 0.748. The predicted octanol–water partition coefficient (Wildman–Crippen LogP) is 3.53. The number of nitrogens with zero attached hydrogens (tertiary/aromatic N) is 2. The van der Waals surface area contributed by atoms with Gasteiger partial charge in [0, 0.05) is 11.4 Å². The molecule has 2 N–H and O–H groups in total. The van der Waals surface area contributed by atoms with Gasteiger partial charge in [-0.15, -0.1) is 0 Å². The van der Waals surface area contributed by atoms with Gasteiger partial charge in [0.25, 0.3) is 0 Å². The summed E-state index contributed by atoms with van der Waals surface area (Å²) in [5, 5.41) is 0. The van der Waals surface area contributed by atoms with Crippen LogP contribution in [0, 0.1) is 20.8 Å². The van der Waals surface area contributed by atoms with E-state index in [-0.39, 0.29) is 0 Å². The van der Waals surface area contributed by atoms with Gasteiger partial charge in [-0.3, -0.25) is 4.57 Å². The normalized spacial score (nSPS) is 11.1. The highest BCUT2D eigenvalue weighted by Gasteiger charge is 2.09. The zero-order valence-electron chi connectivity index (χ0n) is 11.4. The van der Waals surface area contributed by atoms with Crippen LogP contribution in [0.25, 0.3) is 16.7 Å². The fraction of sp³-hybridized carbons (Fsp3) is 0.188. The van der Waals surface area contributed by atoms with Crippen LogP contribution in [-0.4, -0.2) is 9.55 Å². The Morgan fingerprint density at radius 2 is 1.63 bits per heavy atom. The molecule has 0 amide bonds. The van der Waals surface area contributed by atoms with Gasteiger partial charge in [-0.1, -0.05) is 6.07 Å². The first-order valence-corrected chi connectivity index (χ1v) is 6.38. The van der Waals surface area contributed by atoms with Crippen LogP contribution in [0.2, 0.25) is 0 Å².